The van der Waals surface area contributed by atoms with Crippen LogP contribution in [0.5, 0.6) is 0 Å². The molecule has 5 aromatic carbocycles. The zero-order valence-corrected chi connectivity index (χ0v) is 27.4. The number of rotatable bonds is 12. The molecular weight excluding hydrogens is 590 g/mol. The molecule has 0 unspecified atom stereocenters. The van der Waals surface area contributed by atoms with Gasteiger partial charge in [-0.1, -0.05) is 80.1 Å². The molecule has 2 aromatic heterocycles. The number of aryl methyl sites for hydroxylation is 3. The third-order valence-electron chi connectivity index (χ3n) is 9.19. The number of benzene rings is 5. The normalized spacial score (nSPS) is 11.4. The van der Waals surface area contributed by atoms with E-state index in [-0.39, 0.29) is 11.5 Å². The summed E-state index contributed by atoms with van der Waals surface area (Å²) in [6.45, 7) is 3.72. The molecule has 6 heteroatoms. The molecule has 0 saturated heterocycles. The van der Waals surface area contributed by atoms with Gasteiger partial charge in [-0.2, -0.15) is 4.98 Å². The summed E-state index contributed by atoms with van der Waals surface area (Å²) in [5.41, 5.74) is 15.0. The van der Waals surface area contributed by atoms with E-state index in [0.29, 0.717) is 6.54 Å². The Labute approximate surface area is 281 Å². The number of fused-ring (bicyclic) bond motifs is 3. The van der Waals surface area contributed by atoms with Crippen LogP contribution in [-0.2, 0) is 19.5 Å². The Hall–Kier alpha value is -5.62. The van der Waals surface area contributed by atoms with Crippen molar-refractivity contribution in [1.29, 1.82) is 0 Å². The number of nitrogens with two attached hydrogens (primary N) is 1. The molecule has 2 N–H and O–H groups in total. The third kappa shape index (κ3) is 6.47. The monoisotopic (exact) mass is 631 g/mol. The van der Waals surface area contributed by atoms with Gasteiger partial charge in [0.15, 0.2) is 0 Å². The predicted octanol–water partition coefficient (Wildman–Crippen LogP) is 9.89. The van der Waals surface area contributed by atoms with E-state index in [1.165, 1.54) is 51.3 Å². The highest BCUT2D eigenvalue weighted by molar-refractivity contribution is 6.09. The average Bonchev–Trinajstić information content (AvgIpc) is 3.44. The molecule has 2 heterocycles. The van der Waals surface area contributed by atoms with Gasteiger partial charge in [-0.05, 0) is 103 Å². The van der Waals surface area contributed by atoms with E-state index >= 15 is 0 Å². The topological polar surface area (TPSA) is 69.1 Å². The van der Waals surface area contributed by atoms with Crippen molar-refractivity contribution in [2.75, 3.05) is 10.6 Å². The Morgan fingerprint density at radius 2 is 1.29 bits per heavy atom. The summed E-state index contributed by atoms with van der Waals surface area (Å²) in [6.07, 6.45) is 7.06. The SMILES string of the molecule is CCCCc1ccc(N(c2ccccc2)c2ccc(-c3ccc4c(c3)c3ccccc3n4CCCCn3ccc(N)nc3=O)cc2)cc1. The first-order valence-corrected chi connectivity index (χ1v) is 17.0. The highest BCUT2D eigenvalue weighted by atomic mass is 16.1. The van der Waals surface area contributed by atoms with Gasteiger partial charge in [0.05, 0.1) is 0 Å². The van der Waals surface area contributed by atoms with E-state index in [0.717, 1.165) is 42.9 Å². The van der Waals surface area contributed by atoms with Crippen molar-refractivity contribution in [3.63, 3.8) is 0 Å². The summed E-state index contributed by atoms with van der Waals surface area (Å²) in [6, 6.07) is 45.6. The van der Waals surface area contributed by atoms with Crippen LogP contribution in [0.4, 0.5) is 22.9 Å². The first-order valence-electron chi connectivity index (χ1n) is 17.0. The lowest BCUT2D eigenvalue weighted by Gasteiger charge is -2.26. The minimum atomic E-state index is -0.295. The fraction of sp³-hybridized carbons (Fsp3) is 0.190. The Morgan fingerprint density at radius 1 is 0.646 bits per heavy atom. The van der Waals surface area contributed by atoms with E-state index in [4.69, 9.17) is 5.73 Å². The van der Waals surface area contributed by atoms with E-state index < -0.39 is 0 Å². The first-order chi connectivity index (χ1) is 23.6. The molecule has 7 rings (SSSR count). The summed E-state index contributed by atoms with van der Waals surface area (Å²) in [5, 5.41) is 2.50. The Morgan fingerprint density at radius 3 is 2.04 bits per heavy atom. The Bertz CT molecular complexity index is 2200. The molecule has 0 aliphatic carbocycles. The highest BCUT2D eigenvalue weighted by Crippen LogP contribution is 2.37. The maximum Gasteiger partial charge on any atom is 0.349 e. The fourth-order valence-corrected chi connectivity index (χ4v) is 6.66. The summed E-state index contributed by atoms with van der Waals surface area (Å²) in [5.74, 6) is 0.259. The van der Waals surface area contributed by atoms with Crippen LogP contribution in [0.15, 0.2) is 138 Å². The lowest BCUT2D eigenvalue weighted by atomic mass is 10.0. The Kier molecular flexibility index (Phi) is 9.05. The molecule has 0 radical (unpaired) electrons. The minimum absolute atomic E-state index is 0.259. The van der Waals surface area contributed by atoms with Crippen molar-refractivity contribution in [1.82, 2.24) is 14.1 Å². The quantitative estimate of drug-likeness (QED) is 0.136. The zero-order valence-electron chi connectivity index (χ0n) is 27.4. The van der Waals surface area contributed by atoms with Crippen molar-refractivity contribution < 1.29 is 0 Å². The second kappa shape index (κ2) is 14.0. The van der Waals surface area contributed by atoms with Gasteiger partial charge in [-0.25, -0.2) is 4.79 Å². The molecular formula is C42H41N5O. The zero-order chi connectivity index (χ0) is 32.9. The third-order valence-corrected chi connectivity index (χ3v) is 9.19. The second-order valence-corrected chi connectivity index (χ2v) is 12.4. The van der Waals surface area contributed by atoms with Crippen LogP contribution in [0, 0.1) is 0 Å². The predicted molar refractivity (Wildman–Crippen MR) is 200 cm³/mol. The van der Waals surface area contributed by atoms with Gasteiger partial charge >= 0.3 is 5.69 Å². The summed E-state index contributed by atoms with van der Waals surface area (Å²) in [7, 11) is 0. The van der Waals surface area contributed by atoms with Crippen molar-refractivity contribution in [3.05, 3.63) is 150 Å². The second-order valence-electron chi connectivity index (χ2n) is 12.4. The van der Waals surface area contributed by atoms with Crippen molar-refractivity contribution >= 4 is 44.7 Å². The van der Waals surface area contributed by atoms with Crippen LogP contribution in [0.3, 0.4) is 0 Å². The molecule has 0 bridgehead atoms. The van der Waals surface area contributed by atoms with Crippen LogP contribution in [0.25, 0.3) is 32.9 Å². The number of para-hydroxylation sites is 2. The standard InChI is InChI=1S/C42H41N5O/c1-2-3-11-31-16-21-35(22-17-31)47(34-12-5-4-6-13-34)36-23-18-32(19-24-36)33-20-25-40-38(30-33)37-14-7-8-15-39(37)46(40)28-10-9-27-45-29-26-41(43)44-42(45)48/h4-8,12-26,29-30H,2-3,9-11,27-28H2,1H3,(H2,43,44,48). The molecule has 0 spiro atoms. The lowest BCUT2D eigenvalue weighted by Crippen LogP contribution is -2.23. The van der Waals surface area contributed by atoms with Gasteiger partial charge in [0.1, 0.15) is 5.82 Å². The number of anilines is 4. The number of unbranched alkanes of at least 4 members (excludes halogenated alkanes) is 2. The maximum absolute atomic E-state index is 12.1. The van der Waals surface area contributed by atoms with E-state index in [1.807, 2.05) is 0 Å². The first kappa shape index (κ1) is 31.0. The number of aromatic nitrogens is 3. The highest BCUT2D eigenvalue weighted by Gasteiger charge is 2.14. The molecule has 0 fully saturated rings. The molecule has 0 atom stereocenters. The smallest absolute Gasteiger partial charge is 0.349 e. The van der Waals surface area contributed by atoms with Gasteiger partial charge in [0, 0.05) is 58.2 Å². The molecule has 0 aliphatic heterocycles. The summed E-state index contributed by atoms with van der Waals surface area (Å²) >= 11 is 0. The fourth-order valence-electron chi connectivity index (χ4n) is 6.66. The summed E-state index contributed by atoms with van der Waals surface area (Å²) in [4.78, 5) is 18.3. The number of hydrogen-bond acceptors (Lipinski definition) is 4. The van der Waals surface area contributed by atoms with Crippen LogP contribution in [0.2, 0.25) is 0 Å². The van der Waals surface area contributed by atoms with Crippen LogP contribution in [-0.4, -0.2) is 14.1 Å². The van der Waals surface area contributed by atoms with E-state index in [1.54, 1.807) is 16.8 Å². The molecule has 0 saturated carbocycles. The molecule has 0 amide bonds. The molecule has 240 valence electrons. The number of nitrogen functional groups attached to an aromatic ring is 1. The van der Waals surface area contributed by atoms with Crippen LogP contribution in [0.1, 0.15) is 38.2 Å². The number of nitrogens with zero attached hydrogens (tertiary/aromatic N) is 4. The van der Waals surface area contributed by atoms with Crippen molar-refractivity contribution in [2.24, 2.45) is 0 Å². The van der Waals surface area contributed by atoms with Crippen LogP contribution >= 0.6 is 0 Å². The largest absolute Gasteiger partial charge is 0.383 e. The van der Waals surface area contributed by atoms with Gasteiger partial charge < -0.3 is 15.2 Å². The van der Waals surface area contributed by atoms with Gasteiger partial charge in [-0.15, -0.1) is 0 Å². The maximum atomic E-state index is 12.1. The van der Waals surface area contributed by atoms with Crippen LogP contribution < -0.4 is 16.3 Å². The molecule has 0 aliphatic rings. The molecule has 48 heavy (non-hydrogen) atoms. The summed E-state index contributed by atoms with van der Waals surface area (Å²) < 4.78 is 4.04. The number of hydrogen-bond donors (Lipinski definition) is 1. The van der Waals surface area contributed by atoms with Gasteiger partial charge in [0.25, 0.3) is 0 Å². The lowest BCUT2D eigenvalue weighted by molar-refractivity contribution is 0.550. The van der Waals surface area contributed by atoms with Gasteiger partial charge in [-0.3, -0.25) is 4.57 Å². The average molecular weight is 632 g/mol. The van der Waals surface area contributed by atoms with Crippen molar-refractivity contribution in [3.8, 4) is 11.1 Å². The minimum Gasteiger partial charge on any atom is -0.383 e. The Balaban J connectivity index is 1.15. The molecule has 6 nitrogen and oxygen atoms in total. The van der Waals surface area contributed by atoms with E-state index in [9.17, 15) is 4.79 Å². The van der Waals surface area contributed by atoms with E-state index in [2.05, 4.69) is 143 Å². The van der Waals surface area contributed by atoms with Gasteiger partial charge in [0.2, 0.25) is 0 Å². The van der Waals surface area contributed by atoms with Crippen molar-refractivity contribution in [2.45, 2.75) is 52.1 Å². The molecule has 7 aromatic rings.